The number of aromatic hydroxyl groups is 1. The molecule has 20 heavy (non-hydrogen) atoms. The van der Waals surface area contributed by atoms with Gasteiger partial charge >= 0.3 is 0 Å². The van der Waals surface area contributed by atoms with Gasteiger partial charge in [0.1, 0.15) is 0 Å². The lowest BCUT2D eigenvalue weighted by Gasteiger charge is -2.09. The number of aliphatic hydroxyl groups excluding tert-OH is 1. The minimum Gasteiger partial charge on any atom is -0.504 e. The van der Waals surface area contributed by atoms with Gasteiger partial charge in [0.15, 0.2) is 11.5 Å². The maximum absolute atomic E-state index is 9.53. The smallest absolute Gasteiger partial charge is 0.160 e. The van der Waals surface area contributed by atoms with Crippen molar-refractivity contribution < 1.29 is 14.9 Å². The van der Waals surface area contributed by atoms with Gasteiger partial charge in [-0.2, -0.15) is 0 Å². The molecule has 0 aromatic heterocycles. The summed E-state index contributed by atoms with van der Waals surface area (Å²) in [6.07, 6.45) is 0. The van der Waals surface area contributed by atoms with E-state index in [-0.39, 0.29) is 12.4 Å². The normalized spacial score (nSPS) is 10.5. The first-order valence-electron chi connectivity index (χ1n) is 6.48. The molecule has 0 aliphatic carbocycles. The van der Waals surface area contributed by atoms with Crippen molar-refractivity contribution in [1.82, 2.24) is 5.32 Å². The standard InChI is InChI=1S/C16H19NO3/c1-20-16-8-13(5-6-15(16)19)10-17-9-12-3-2-4-14(7-12)11-18/h2-8,17-19H,9-11H2,1H3. The van der Waals surface area contributed by atoms with Crippen LogP contribution in [-0.4, -0.2) is 17.3 Å². The lowest BCUT2D eigenvalue weighted by molar-refractivity contribution is 0.281. The van der Waals surface area contributed by atoms with Gasteiger partial charge in [0.25, 0.3) is 0 Å². The number of hydrogen-bond donors (Lipinski definition) is 3. The van der Waals surface area contributed by atoms with Gasteiger partial charge in [-0.25, -0.2) is 0 Å². The summed E-state index contributed by atoms with van der Waals surface area (Å²) in [5.74, 6) is 0.624. The zero-order valence-electron chi connectivity index (χ0n) is 11.5. The van der Waals surface area contributed by atoms with Crippen molar-refractivity contribution in [3.63, 3.8) is 0 Å². The molecular formula is C16H19NO3. The Bertz CT molecular complexity index is 569. The van der Waals surface area contributed by atoms with E-state index in [9.17, 15) is 5.11 Å². The summed E-state index contributed by atoms with van der Waals surface area (Å²) in [5, 5.41) is 21.9. The average molecular weight is 273 g/mol. The number of rotatable bonds is 6. The fourth-order valence-electron chi connectivity index (χ4n) is 2.02. The summed E-state index contributed by atoms with van der Waals surface area (Å²) in [6, 6.07) is 13.1. The molecule has 0 spiro atoms. The van der Waals surface area contributed by atoms with Crippen LogP contribution in [0.25, 0.3) is 0 Å². The molecule has 0 aliphatic heterocycles. The Morgan fingerprint density at radius 1 is 1.00 bits per heavy atom. The molecule has 0 amide bonds. The van der Waals surface area contributed by atoms with Crippen LogP contribution in [0.15, 0.2) is 42.5 Å². The van der Waals surface area contributed by atoms with E-state index in [0.717, 1.165) is 23.2 Å². The van der Waals surface area contributed by atoms with Crippen molar-refractivity contribution >= 4 is 0 Å². The molecule has 2 aromatic rings. The molecule has 0 heterocycles. The Morgan fingerprint density at radius 2 is 1.70 bits per heavy atom. The number of benzene rings is 2. The third kappa shape index (κ3) is 3.73. The highest BCUT2D eigenvalue weighted by Gasteiger charge is 2.02. The molecule has 0 bridgehead atoms. The van der Waals surface area contributed by atoms with Crippen molar-refractivity contribution in [1.29, 1.82) is 0 Å². The Labute approximate surface area is 118 Å². The van der Waals surface area contributed by atoms with Crippen LogP contribution in [0.5, 0.6) is 11.5 Å². The summed E-state index contributed by atoms with van der Waals surface area (Å²) in [4.78, 5) is 0. The van der Waals surface area contributed by atoms with E-state index >= 15 is 0 Å². The first-order valence-corrected chi connectivity index (χ1v) is 6.48. The zero-order chi connectivity index (χ0) is 14.4. The van der Waals surface area contributed by atoms with Crippen molar-refractivity contribution in [2.24, 2.45) is 0 Å². The van der Waals surface area contributed by atoms with Crippen LogP contribution in [0, 0.1) is 0 Å². The van der Waals surface area contributed by atoms with Gasteiger partial charge in [-0.3, -0.25) is 0 Å². The van der Waals surface area contributed by atoms with Crippen molar-refractivity contribution in [2.45, 2.75) is 19.7 Å². The molecule has 0 saturated heterocycles. The number of aliphatic hydroxyl groups is 1. The number of ether oxygens (including phenoxy) is 1. The minimum absolute atomic E-state index is 0.0585. The van der Waals surface area contributed by atoms with E-state index in [0.29, 0.717) is 12.3 Å². The average Bonchev–Trinajstić information content (AvgIpc) is 2.49. The molecule has 0 atom stereocenters. The SMILES string of the molecule is COc1cc(CNCc2cccc(CO)c2)ccc1O. The first-order chi connectivity index (χ1) is 9.72. The summed E-state index contributed by atoms with van der Waals surface area (Å²) >= 11 is 0. The summed E-state index contributed by atoms with van der Waals surface area (Å²) in [5.41, 5.74) is 3.08. The first kappa shape index (κ1) is 14.4. The van der Waals surface area contributed by atoms with Gasteiger partial charge in [0.2, 0.25) is 0 Å². The maximum Gasteiger partial charge on any atom is 0.160 e. The molecule has 2 rings (SSSR count). The third-order valence-electron chi connectivity index (χ3n) is 3.08. The number of phenols is 1. The minimum atomic E-state index is 0.0585. The number of nitrogens with one attached hydrogen (secondary N) is 1. The predicted octanol–water partition coefficient (Wildman–Crippen LogP) is 2.18. The van der Waals surface area contributed by atoms with Gasteiger partial charge in [0.05, 0.1) is 13.7 Å². The lowest BCUT2D eigenvalue weighted by atomic mass is 10.1. The van der Waals surface area contributed by atoms with Crippen LogP contribution < -0.4 is 10.1 Å². The molecule has 0 fully saturated rings. The third-order valence-corrected chi connectivity index (χ3v) is 3.08. The van der Waals surface area contributed by atoms with Gasteiger partial charge < -0.3 is 20.3 Å². The Balaban J connectivity index is 1.92. The topological polar surface area (TPSA) is 61.7 Å². The largest absolute Gasteiger partial charge is 0.504 e. The summed E-state index contributed by atoms with van der Waals surface area (Å²) in [6.45, 7) is 1.46. The number of hydrogen-bond acceptors (Lipinski definition) is 4. The Kier molecular flexibility index (Phi) is 4.98. The van der Waals surface area contributed by atoms with Crippen molar-refractivity contribution in [2.75, 3.05) is 7.11 Å². The van der Waals surface area contributed by atoms with Crippen LogP contribution in [0.2, 0.25) is 0 Å². The van der Waals surface area contributed by atoms with Crippen LogP contribution in [0.4, 0.5) is 0 Å². The molecule has 106 valence electrons. The second-order valence-electron chi connectivity index (χ2n) is 4.59. The number of phenolic OH excluding ortho intramolecular Hbond substituents is 1. The second-order valence-corrected chi connectivity index (χ2v) is 4.59. The Morgan fingerprint density at radius 3 is 2.40 bits per heavy atom. The van der Waals surface area contributed by atoms with Crippen molar-refractivity contribution in [3.05, 3.63) is 59.2 Å². The second kappa shape index (κ2) is 6.93. The van der Waals surface area contributed by atoms with Crippen LogP contribution in [0.3, 0.4) is 0 Å². The van der Waals surface area contributed by atoms with Gasteiger partial charge in [0, 0.05) is 13.1 Å². The molecule has 0 aliphatic rings. The monoisotopic (exact) mass is 273 g/mol. The van der Waals surface area contributed by atoms with E-state index in [1.165, 1.54) is 7.11 Å². The van der Waals surface area contributed by atoms with E-state index in [1.54, 1.807) is 6.07 Å². The van der Waals surface area contributed by atoms with Gasteiger partial charge in [-0.1, -0.05) is 30.3 Å². The maximum atomic E-state index is 9.53. The highest BCUT2D eigenvalue weighted by Crippen LogP contribution is 2.26. The molecule has 4 nitrogen and oxygen atoms in total. The lowest BCUT2D eigenvalue weighted by Crippen LogP contribution is -2.12. The quantitative estimate of drug-likeness (QED) is 0.755. The van der Waals surface area contributed by atoms with E-state index in [4.69, 9.17) is 9.84 Å². The van der Waals surface area contributed by atoms with E-state index in [1.807, 2.05) is 36.4 Å². The van der Waals surface area contributed by atoms with E-state index in [2.05, 4.69) is 5.32 Å². The number of methoxy groups -OCH3 is 1. The fourth-order valence-corrected chi connectivity index (χ4v) is 2.02. The summed E-state index contributed by atoms with van der Waals surface area (Å²) in [7, 11) is 1.53. The van der Waals surface area contributed by atoms with Crippen molar-refractivity contribution in [3.8, 4) is 11.5 Å². The molecule has 0 unspecified atom stereocenters. The van der Waals surface area contributed by atoms with Crippen LogP contribution in [-0.2, 0) is 19.7 Å². The molecule has 2 aromatic carbocycles. The predicted molar refractivity (Wildman–Crippen MR) is 77.6 cm³/mol. The Hall–Kier alpha value is -2.04. The molecule has 0 radical (unpaired) electrons. The highest BCUT2D eigenvalue weighted by atomic mass is 16.5. The summed E-state index contributed by atoms with van der Waals surface area (Å²) < 4.78 is 5.07. The van der Waals surface area contributed by atoms with Crippen LogP contribution >= 0.6 is 0 Å². The van der Waals surface area contributed by atoms with Gasteiger partial charge in [-0.15, -0.1) is 0 Å². The fraction of sp³-hybridized carbons (Fsp3) is 0.250. The molecule has 0 saturated carbocycles. The molecule has 4 heteroatoms. The highest BCUT2D eigenvalue weighted by molar-refractivity contribution is 5.41. The van der Waals surface area contributed by atoms with Gasteiger partial charge in [-0.05, 0) is 28.8 Å². The van der Waals surface area contributed by atoms with Crippen LogP contribution in [0.1, 0.15) is 16.7 Å². The molecular weight excluding hydrogens is 254 g/mol. The zero-order valence-corrected chi connectivity index (χ0v) is 11.5. The molecule has 3 N–H and O–H groups in total. The van der Waals surface area contributed by atoms with E-state index < -0.39 is 0 Å².